The number of anilines is 1. The number of benzene rings is 2. The van der Waals surface area contributed by atoms with Gasteiger partial charge in [-0.05, 0) is 42.3 Å². The van der Waals surface area contributed by atoms with Gasteiger partial charge in [-0.25, -0.2) is 13.6 Å². The zero-order valence-corrected chi connectivity index (χ0v) is 16.3. The van der Waals surface area contributed by atoms with Crippen molar-refractivity contribution < 1.29 is 27.4 Å². The van der Waals surface area contributed by atoms with Crippen LogP contribution in [-0.4, -0.2) is 35.7 Å². The lowest BCUT2D eigenvalue weighted by atomic mass is 10.1. The van der Waals surface area contributed by atoms with Crippen molar-refractivity contribution in [2.75, 3.05) is 26.6 Å². The number of rotatable bonds is 7. The standard InChI is InChI=1S/C18H22N2O6S/c1-11-5-6-13(10-16(11)27(19,22)23)20-17(21)9-12-7-14(24-2)18(26-4)15(8-12)25-3/h5-8,10H,9H2,1-4H3,(H,20,21)(H2,19,22,23). The van der Waals surface area contributed by atoms with Gasteiger partial charge in [-0.15, -0.1) is 0 Å². The first-order valence-corrected chi connectivity index (χ1v) is 9.46. The Balaban J connectivity index is 2.24. The molecule has 0 bridgehead atoms. The predicted molar refractivity (Wildman–Crippen MR) is 101 cm³/mol. The fourth-order valence-corrected chi connectivity index (χ4v) is 3.42. The molecule has 0 aliphatic heterocycles. The first-order chi connectivity index (χ1) is 12.7. The molecule has 0 aliphatic rings. The minimum Gasteiger partial charge on any atom is -0.493 e. The number of primary sulfonamides is 1. The molecule has 0 saturated heterocycles. The molecule has 9 heteroatoms. The maximum Gasteiger partial charge on any atom is 0.238 e. The van der Waals surface area contributed by atoms with Crippen LogP contribution in [0.25, 0.3) is 0 Å². The van der Waals surface area contributed by atoms with Crippen molar-refractivity contribution in [3.8, 4) is 17.2 Å². The van der Waals surface area contributed by atoms with Gasteiger partial charge >= 0.3 is 0 Å². The highest BCUT2D eigenvalue weighted by molar-refractivity contribution is 7.89. The van der Waals surface area contributed by atoms with Gasteiger partial charge in [0.05, 0.1) is 32.6 Å². The van der Waals surface area contributed by atoms with Crippen LogP contribution in [0.3, 0.4) is 0 Å². The monoisotopic (exact) mass is 394 g/mol. The van der Waals surface area contributed by atoms with Crippen molar-refractivity contribution in [2.45, 2.75) is 18.2 Å². The summed E-state index contributed by atoms with van der Waals surface area (Å²) in [5.74, 6) is 0.965. The van der Waals surface area contributed by atoms with E-state index < -0.39 is 10.0 Å². The summed E-state index contributed by atoms with van der Waals surface area (Å²) in [5, 5.41) is 7.85. The Labute approximate surface area is 158 Å². The van der Waals surface area contributed by atoms with Gasteiger partial charge in [-0.3, -0.25) is 4.79 Å². The highest BCUT2D eigenvalue weighted by atomic mass is 32.2. The fourth-order valence-electron chi connectivity index (χ4n) is 2.61. The first-order valence-electron chi connectivity index (χ1n) is 7.91. The average molecular weight is 394 g/mol. The van der Waals surface area contributed by atoms with Gasteiger partial charge in [0.25, 0.3) is 0 Å². The third-order valence-electron chi connectivity index (χ3n) is 3.87. The largest absolute Gasteiger partial charge is 0.493 e. The third-order valence-corrected chi connectivity index (χ3v) is 4.92. The Kier molecular flexibility index (Phi) is 6.29. The molecule has 146 valence electrons. The smallest absolute Gasteiger partial charge is 0.238 e. The van der Waals surface area contributed by atoms with Gasteiger partial charge in [0.1, 0.15) is 0 Å². The Morgan fingerprint density at radius 3 is 2.11 bits per heavy atom. The van der Waals surface area contributed by atoms with Gasteiger partial charge in [-0.2, -0.15) is 0 Å². The topological polar surface area (TPSA) is 117 Å². The fraction of sp³-hybridized carbons (Fsp3) is 0.278. The molecular formula is C18H22N2O6S. The van der Waals surface area contributed by atoms with E-state index in [1.54, 1.807) is 31.2 Å². The summed E-state index contributed by atoms with van der Waals surface area (Å²) < 4.78 is 39.0. The number of amides is 1. The van der Waals surface area contributed by atoms with Crippen molar-refractivity contribution in [1.82, 2.24) is 0 Å². The Hall–Kier alpha value is -2.78. The number of nitrogens with two attached hydrogens (primary N) is 1. The van der Waals surface area contributed by atoms with Crippen LogP contribution in [0.2, 0.25) is 0 Å². The lowest BCUT2D eigenvalue weighted by Crippen LogP contribution is -2.17. The zero-order chi connectivity index (χ0) is 20.2. The molecule has 0 atom stereocenters. The molecule has 0 radical (unpaired) electrons. The summed E-state index contributed by atoms with van der Waals surface area (Å²) in [6.45, 7) is 1.63. The summed E-state index contributed by atoms with van der Waals surface area (Å²) >= 11 is 0. The maximum atomic E-state index is 12.4. The van der Waals surface area contributed by atoms with E-state index >= 15 is 0 Å². The van der Waals surface area contributed by atoms with E-state index in [0.29, 0.717) is 34.1 Å². The van der Waals surface area contributed by atoms with Crippen molar-refractivity contribution in [3.63, 3.8) is 0 Å². The number of methoxy groups -OCH3 is 3. The summed E-state index contributed by atoms with van der Waals surface area (Å²) in [7, 11) is 0.595. The number of hydrogen-bond donors (Lipinski definition) is 2. The number of carbonyl (C=O) groups is 1. The van der Waals surface area contributed by atoms with E-state index in [-0.39, 0.29) is 17.2 Å². The van der Waals surface area contributed by atoms with E-state index in [0.717, 1.165) is 0 Å². The van der Waals surface area contributed by atoms with Crippen molar-refractivity contribution in [1.29, 1.82) is 0 Å². The molecule has 3 N–H and O–H groups in total. The lowest BCUT2D eigenvalue weighted by Gasteiger charge is -2.14. The summed E-state index contributed by atoms with van der Waals surface area (Å²) in [4.78, 5) is 12.3. The number of nitrogens with one attached hydrogen (secondary N) is 1. The summed E-state index contributed by atoms with van der Waals surface area (Å²) in [6.07, 6.45) is 0.0231. The van der Waals surface area contributed by atoms with Crippen molar-refractivity contribution in [3.05, 3.63) is 41.5 Å². The first kappa shape index (κ1) is 20.5. The quantitative estimate of drug-likeness (QED) is 0.740. The van der Waals surface area contributed by atoms with E-state index in [1.807, 2.05) is 0 Å². The number of carbonyl (C=O) groups excluding carboxylic acids is 1. The molecule has 2 aromatic rings. The minimum atomic E-state index is -3.87. The second-order valence-electron chi connectivity index (χ2n) is 5.78. The molecule has 8 nitrogen and oxygen atoms in total. The zero-order valence-electron chi connectivity index (χ0n) is 15.5. The van der Waals surface area contributed by atoms with Gasteiger partial charge in [0.15, 0.2) is 11.5 Å². The molecule has 0 aliphatic carbocycles. The van der Waals surface area contributed by atoms with Crippen molar-refractivity contribution >= 4 is 21.6 Å². The van der Waals surface area contributed by atoms with Crippen LogP contribution >= 0.6 is 0 Å². The molecule has 27 heavy (non-hydrogen) atoms. The van der Waals surface area contributed by atoms with E-state index in [2.05, 4.69) is 5.32 Å². The molecule has 0 aromatic heterocycles. The number of hydrogen-bond acceptors (Lipinski definition) is 6. The van der Waals surface area contributed by atoms with Crippen LogP contribution in [0.1, 0.15) is 11.1 Å². The normalized spacial score (nSPS) is 11.0. The number of sulfonamides is 1. The summed E-state index contributed by atoms with van der Waals surface area (Å²) in [6, 6.07) is 7.86. The van der Waals surface area contributed by atoms with Crippen molar-refractivity contribution in [2.24, 2.45) is 5.14 Å². The maximum absolute atomic E-state index is 12.4. The van der Waals surface area contributed by atoms with Crippen LogP contribution in [0.5, 0.6) is 17.2 Å². The molecular weight excluding hydrogens is 372 g/mol. The highest BCUT2D eigenvalue weighted by Crippen LogP contribution is 2.38. The Morgan fingerprint density at radius 1 is 1.04 bits per heavy atom. The second-order valence-corrected chi connectivity index (χ2v) is 7.31. The van der Waals surface area contributed by atoms with Crippen LogP contribution in [0.15, 0.2) is 35.2 Å². The Bertz CT molecular complexity index is 931. The average Bonchev–Trinajstić information content (AvgIpc) is 2.61. The number of ether oxygens (including phenoxy) is 3. The van der Waals surface area contributed by atoms with Gasteiger partial charge in [0.2, 0.25) is 21.7 Å². The van der Waals surface area contributed by atoms with Crippen LogP contribution in [0, 0.1) is 6.92 Å². The van der Waals surface area contributed by atoms with Crippen LogP contribution < -0.4 is 24.7 Å². The summed E-state index contributed by atoms with van der Waals surface area (Å²) in [5.41, 5.74) is 1.47. The third kappa shape index (κ3) is 4.89. The highest BCUT2D eigenvalue weighted by Gasteiger charge is 2.16. The lowest BCUT2D eigenvalue weighted by molar-refractivity contribution is -0.115. The van der Waals surface area contributed by atoms with Gasteiger partial charge in [0, 0.05) is 5.69 Å². The number of aryl methyl sites for hydroxylation is 1. The van der Waals surface area contributed by atoms with Gasteiger partial charge in [-0.1, -0.05) is 6.07 Å². The van der Waals surface area contributed by atoms with Gasteiger partial charge < -0.3 is 19.5 Å². The molecule has 1 amide bonds. The Morgan fingerprint density at radius 2 is 1.63 bits per heavy atom. The molecule has 2 rings (SSSR count). The van der Waals surface area contributed by atoms with E-state index in [9.17, 15) is 13.2 Å². The van der Waals surface area contributed by atoms with E-state index in [1.165, 1.54) is 27.4 Å². The van der Waals surface area contributed by atoms with Crippen LogP contribution in [-0.2, 0) is 21.2 Å². The predicted octanol–water partition coefficient (Wildman–Crippen LogP) is 1.85. The van der Waals surface area contributed by atoms with E-state index in [4.69, 9.17) is 19.3 Å². The SMILES string of the molecule is COc1cc(CC(=O)Nc2ccc(C)c(S(N)(=O)=O)c2)cc(OC)c1OC. The molecule has 0 heterocycles. The molecule has 0 fully saturated rings. The molecule has 0 spiro atoms. The molecule has 2 aromatic carbocycles. The molecule has 0 unspecified atom stereocenters. The minimum absolute atomic E-state index is 0.0231. The molecule has 0 saturated carbocycles. The second kappa shape index (κ2) is 8.28. The van der Waals surface area contributed by atoms with Crippen LogP contribution in [0.4, 0.5) is 5.69 Å².